The molecule has 0 aliphatic rings. The van der Waals surface area contributed by atoms with Gasteiger partial charge in [-0.2, -0.15) is 4.98 Å². The summed E-state index contributed by atoms with van der Waals surface area (Å²) in [5.41, 5.74) is 5.86. The molecule has 0 amide bonds. The van der Waals surface area contributed by atoms with Crippen molar-refractivity contribution in [3.63, 3.8) is 0 Å². The fraction of sp³-hybridized carbons (Fsp3) is 0.500. The molecule has 0 aliphatic heterocycles. The van der Waals surface area contributed by atoms with Gasteiger partial charge in [0, 0.05) is 19.6 Å². The number of ether oxygens (including phenoxy) is 1. The standard InChI is InChI=1S/C10H15N5O2/c1-2-17-5-3-4-6-12-7-8(13-6)14-10(11)15-9(7)16/h2-5H2,1H3,(H4,11,12,13,14,15,16). The number of nitrogens with zero attached hydrogens (tertiary/aromatic N) is 2. The minimum Gasteiger partial charge on any atom is -0.382 e. The van der Waals surface area contributed by atoms with Crippen LogP contribution in [0.5, 0.6) is 0 Å². The monoisotopic (exact) mass is 237 g/mol. The van der Waals surface area contributed by atoms with E-state index in [9.17, 15) is 4.79 Å². The van der Waals surface area contributed by atoms with E-state index in [-0.39, 0.29) is 11.5 Å². The van der Waals surface area contributed by atoms with Gasteiger partial charge in [0.1, 0.15) is 5.82 Å². The van der Waals surface area contributed by atoms with E-state index in [0.717, 1.165) is 18.7 Å². The van der Waals surface area contributed by atoms with Crippen LogP contribution < -0.4 is 11.3 Å². The first-order valence-corrected chi connectivity index (χ1v) is 5.53. The molecule has 2 aromatic heterocycles. The smallest absolute Gasteiger partial charge is 0.278 e. The molecule has 2 aromatic rings. The molecule has 0 aliphatic carbocycles. The summed E-state index contributed by atoms with van der Waals surface area (Å²) < 4.78 is 5.23. The number of nitrogens with two attached hydrogens (primary N) is 1. The number of hydrogen-bond donors (Lipinski definition) is 3. The number of aromatic amines is 2. The van der Waals surface area contributed by atoms with Crippen LogP contribution in [-0.4, -0.2) is 33.1 Å². The lowest BCUT2D eigenvalue weighted by Crippen LogP contribution is -2.10. The summed E-state index contributed by atoms with van der Waals surface area (Å²) in [5, 5.41) is 0. The molecule has 0 bridgehead atoms. The molecular formula is C10H15N5O2. The molecule has 17 heavy (non-hydrogen) atoms. The van der Waals surface area contributed by atoms with Gasteiger partial charge in [0.15, 0.2) is 11.2 Å². The Bertz CT molecular complexity index is 559. The third-order valence-electron chi connectivity index (χ3n) is 2.34. The maximum atomic E-state index is 11.5. The van der Waals surface area contributed by atoms with Crippen LogP contribution in [0.2, 0.25) is 0 Å². The summed E-state index contributed by atoms with van der Waals surface area (Å²) in [6.07, 6.45) is 1.57. The highest BCUT2D eigenvalue weighted by molar-refractivity contribution is 5.70. The van der Waals surface area contributed by atoms with Gasteiger partial charge in [0.25, 0.3) is 5.56 Å². The highest BCUT2D eigenvalue weighted by Gasteiger charge is 2.08. The molecule has 7 nitrogen and oxygen atoms in total. The van der Waals surface area contributed by atoms with Gasteiger partial charge < -0.3 is 15.5 Å². The summed E-state index contributed by atoms with van der Waals surface area (Å²) in [7, 11) is 0. The van der Waals surface area contributed by atoms with Gasteiger partial charge in [-0.1, -0.05) is 0 Å². The Labute approximate surface area is 97.4 Å². The zero-order chi connectivity index (χ0) is 12.3. The molecule has 0 atom stereocenters. The van der Waals surface area contributed by atoms with Crippen molar-refractivity contribution in [2.24, 2.45) is 0 Å². The van der Waals surface area contributed by atoms with E-state index < -0.39 is 0 Å². The molecule has 4 N–H and O–H groups in total. The van der Waals surface area contributed by atoms with Crippen molar-refractivity contribution in [3.8, 4) is 0 Å². The first kappa shape index (κ1) is 11.6. The van der Waals surface area contributed by atoms with Gasteiger partial charge in [-0.05, 0) is 13.3 Å². The van der Waals surface area contributed by atoms with Crippen LogP contribution in [-0.2, 0) is 11.2 Å². The van der Waals surface area contributed by atoms with Crippen LogP contribution in [0.15, 0.2) is 4.79 Å². The first-order valence-electron chi connectivity index (χ1n) is 5.53. The largest absolute Gasteiger partial charge is 0.382 e. The van der Waals surface area contributed by atoms with Crippen molar-refractivity contribution in [2.45, 2.75) is 19.8 Å². The number of H-pyrrole nitrogens is 2. The Kier molecular flexibility index (Phi) is 3.38. The van der Waals surface area contributed by atoms with Crippen LogP contribution in [0.1, 0.15) is 19.2 Å². The predicted molar refractivity (Wildman–Crippen MR) is 63.7 cm³/mol. The highest BCUT2D eigenvalue weighted by Crippen LogP contribution is 2.06. The zero-order valence-corrected chi connectivity index (χ0v) is 9.62. The van der Waals surface area contributed by atoms with E-state index in [1.165, 1.54) is 0 Å². The van der Waals surface area contributed by atoms with Crippen LogP contribution >= 0.6 is 0 Å². The number of nitrogens with one attached hydrogen (secondary N) is 2. The molecule has 2 rings (SSSR count). The molecule has 7 heteroatoms. The van der Waals surface area contributed by atoms with Gasteiger partial charge in [-0.25, -0.2) is 4.98 Å². The first-order chi connectivity index (χ1) is 8.20. The lowest BCUT2D eigenvalue weighted by atomic mass is 10.3. The van der Waals surface area contributed by atoms with Crippen molar-refractivity contribution in [2.75, 3.05) is 18.9 Å². The van der Waals surface area contributed by atoms with E-state index >= 15 is 0 Å². The third-order valence-corrected chi connectivity index (χ3v) is 2.34. The predicted octanol–water partition coefficient (Wildman–Crippen LogP) is 0.197. The highest BCUT2D eigenvalue weighted by atomic mass is 16.5. The zero-order valence-electron chi connectivity index (χ0n) is 9.62. The topological polar surface area (TPSA) is 110 Å². The molecule has 0 radical (unpaired) electrons. The minimum absolute atomic E-state index is 0.0786. The second-order valence-electron chi connectivity index (χ2n) is 3.63. The Morgan fingerprint density at radius 3 is 2.94 bits per heavy atom. The molecule has 2 heterocycles. The molecule has 92 valence electrons. The lowest BCUT2D eigenvalue weighted by Gasteiger charge is -1.97. The van der Waals surface area contributed by atoms with E-state index in [1.54, 1.807) is 0 Å². The number of aromatic nitrogens is 4. The maximum Gasteiger partial charge on any atom is 0.278 e. The SMILES string of the molecule is CCOCCCc1nc2nc(N)[nH]c(=O)c2[nH]1. The quantitative estimate of drug-likeness (QED) is 0.643. The summed E-state index contributed by atoms with van der Waals surface area (Å²) in [6, 6.07) is 0. The molecule has 0 saturated heterocycles. The van der Waals surface area contributed by atoms with E-state index in [2.05, 4.69) is 19.9 Å². The normalized spacial score (nSPS) is 11.1. The van der Waals surface area contributed by atoms with Crippen LogP contribution in [0, 0.1) is 0 Å². The van der Waals surface area contributed by atoms with Crippen LogP contribution in [0.25, 0.3) is 11.2 Å². The number of imidazole rings is 1. The van der Waals surface area contributed by atoms with Gasteiger partial charge in [-0.15, -0.1) is 0 Å². The Hall–Kier alpha value is -1.89. The summed E-state index contributed by atoms with van der Waals surface area (Å²) in [4.78, 5) is 25.0. The van der Waals surface area contributed by atoms with Crippen molar-refractivity contribution in [1.29, 1.82) is 0 Å². The second kappa shape index (κ2) is 4.96. The fourth-order valence-electron chi connectivity index (χ4n) is 1.58. The molecular weight excluding hydrogens is 222 g/mol. The van der Waals surface area contributed by atoms with Gasteiger partial charge in [0.05, 0.1) is 0 Å². The number of aryl methyl sites for hydroxylation is 1. The Morgan fingerprint density at radius 2 is 2.18 bits per heavy atom. The van der Waals surface area contributed by atoms with Crippen LogP contribution in [0.3, 0.4) is 0 Å². The molecule has 0 aromatic carbocycles. The van der Waals surface area contributed by atoms with Crippen molar-refractivity contribution in [1.82, 2.24) is 19.9 Å². The number of fused-ring (bicyclic) bond motifs is 1. The summed E-state index contributed by atoms with van der Waals surface area (Å²) >= 11 is 0. The number of anilines is 1. The van der Waals surface area contributed by atoms with Gasteiger partial charge in [-0.3, -0.25) is 9.78 Å². The fourth-order valence-corrected chi connectivity index (χ4v) is 1.58. The molecule has 0 spiro atoms. The average Bonchev–Trinajstić information content (AvgIpc) is 2.67. The van der Waals surface area contributed by atoms with Crippen molar-refractivity contribution < 1.29 is 4.74 Å². The minimum atomic E-state index is -0.295. The Balaban J connectivity index is 2.15. The Morgan fingerprint density at radius 1 is 1.35 bits per heavy atom. The lowest BCUT2D eigenvalue weighted by molar-refractivity contribution is 0.145. The average molecular weight is 237 g/mol. The molecule has 0 fully saturated rings. The maximum absolute atomic E-state index is 11.5. The molecule has 0 unspecified atom stereocenters. The van der Waals surface area contributed by atoms with Crippen LogP contribution in [0.4, 0.5) is 5.95 Å². The summed E-state index contributed by atoms with van der Waals surface area (Å²) in [6.45, 7) is 3.34. The van der Waals surface area contributed by atoms with Gasteiger partial charge >= 0.3 is 0 Å². The van der Waals surface area contributed by atoms with Crippen molar-refractivity contribution >= 4 is 17.1 Å². The summed E-state index contributed by atoms with van der Waals surface area (Å²) in [5.74, 6) is 0.804. The second-order valence-corrected chi connectivity index (χ2v) is 3.63. The third kappa shape index (κ3) is 2.62. The van der Waals surface area contributed by atoms with E-state index in [4.69, 9.17) is 10.5 Å². The van der Waals surface area contributed by atoms with Crippen molar-refractivity contribution in [3.05, 3.63) is 16.2 Å². The van der Waals surface area contributed by atoms with E-state index in [1.807, 2.05) is 6.92 Å². The number of hydrogen-bond acceptors (Lipinski definition) is 5. The molecule has 0 saturated carbocycles. The van der Waals surface area contributed by atoms with Gasteiger partial charge in [0.2, 0.25) is 5.95 Å². The number of rotatable bonds is 5. The number of nitrogen functional groups attached to an aromatic ring is 1. The van der Waals surface area contributed by atoms with E-state index in [0.29, 0.717) is 24.4 Å².